The molecule has 1 aromatic rings. The third-order valence-corrected chi connectivity index (χ3v) is 1.35. The van der Waals surface area contributed by atoms with E-state index < -0.39 is 5.97 Å². The van der Waals surface area contributed by atoms with Crippen molar-refractivity contribution in [2.24, 2.45) is 0 Å². The van der Waals surface area contributed by atoms with Gasteiger partial charge in [-0.25, -0.2) is 4.79 Å². The van der Waals surface area contributed by atoms with Crippen molar-refractivity contribution < 1.29 is 18.7 Å². The molecule has 1 rings (SSSR count). The van der Waals surface area contributed by atoms with Crippen LogP contribution in [0.5, 0.6) is 0 Å². The molecule has 0 atom stereocenters. The number of carbonyl (C=O) groups is 2. The van der Waals surface area contributed by atoms with Gasteiger partial charge >= 0.3 is 5.97 Å². The summed E-state index contributed by atoms with van der Waals surface area (Å²) in [7, 11) is 1.28. The number of esters is 1. The molecule has 0 aliphatic carbocycles. The number of furan rings is 1. The Morgan fingerprint density at radius 1 is 1.46 bits per heavy atom. The fourth-order valence-electron chi connectivity index (χ4n) is 0.740. The number of hydrogen-bond acceptors (Lipinski definition) is 4. The smallest absolute Gasteiger partial charge is 0.330 e. The topological polar surface area (TPSA) is 56.5 Å². The maximum Gasteiger partial charge on any atom is 0.330 e. The Kier molecular flexibility index (Phi) is 3.03. The second kappa shape index (κ2) is 4.25. The van der Waals surface area contributed by atoms with E-state index >= 15 is 0 Å². The largest absolute Gasteiger partial charge is 0.466 e. The monoisotopic (exact) mass is 180 g/mol. The molecule has 0 amide bonds. The molecular weight excluding hydrogens is 172 g/mol. The molecule has 68 valence electrons. The lowest BCUT2D eigenvalue weighted by Crippen LogP contribution is -1.92. The summed E-state index contributed by atoms with van der Waals surface area (Å²) in [6.07, 6.45) is 3.24. The molecule has 4 nitrogen and oxygen atoms in total. The van der Waals surface area contributed by atoms with Gasteiger partial charge in [0.05, 0.1) is 7.11 Å². The van der Waals surface area contributed by atoms with Gasteiger partial charge in [0, 0.05) is 6.08 Å². The van der Waals surface area contributed by atoms with Gasteiger partial charge in [0.25, 0.3) is 0 Å². The molecule has 0 fully saturated rings. The van der Waals surface area contributed by atoms with Crippen molar-refractivity contribution in [3.05, 3.63) is 29.7 Å². The summed E-state index contributed by atoms with van der Waals surface area (Å²) in [6.45, 7) is 0. The minimum atomic E-state index is -0.468. The Bertz CT molecular complexity index is 335. The van der Waals surface area contributed by atoms with Crippen LogP contribution in [0.3, 0.4) is 0 Å². The third-order valence-electron chi connectivity index (χ3n) is 1.35. The van der Waals surface area contributed by atoms with Crippen LogP contribution in [0.2, 0.25) is 0 Å². The van der Waals surface area contributed by atoms with Crippen LogP contribution in [0.25, 0.3) is 6.08 Å². The predicted molar refractivity (Wildman–Crippen MR) is 45.1 cm³/mol. The second-order valence-corrected chi connectivity index (χ2v) is 2.21. The predicted octanol–water partition coefficient (Wildman–Crippen LogP) is 1.28. The van der Waals surface area contributed by atoms with E-state index in [2.05, 4.69) is 4.74 Å². The van der Waals surface area contributed by atoms with E-state index in [-0.39, 0.29) is 5.76 Å². The Balaban J connectivity index is 2.68. The van der Waals surface area contributed by atoms with E-state index in [1.165, 1.54) is 25.3 Å². The minimum Gasteiger partial charge on any atom is -0.466 e. The number of ether oxygens (including phenoxy) is 1. The Hall–Kier alpha value is -1.84. The lowest BCUT2D eigenvalue weighted by molar-refractivity contribution is -0.134. The summed E-state index contributed by atoms with van der Waals surface area (Å²) in [5.41, 5.74) is 0. The Morgan fingerprint density at radius 2 is 2.15 bits per heavy atom. The molecule has 1 heterocycles. The second-order valence-electron chi connectivity index (χ2n) is 2.21. The minimum absolute atomic E-state index is 0.226. The zero-order valence-corrected chi connectivity index (χ0v) is 7.02. The first kappa shape index (κ1) is 9.25. The van der Waals surface area contributed by atoms with Gasteiger partial charge < -0.3 is 9.15 Å². The molecule has 0 saturated carbocycles. The van der Waals surface area contributed by atoms with Crippen LogP contribution < -0.4 is 0 Å². The lowest BCUT2D eigenvalue weighted by atomic mass is 10.4. The molecule has 0 bridgehead atoms. The molecule has 0 spiro atoms. The van der Waals surface area contributed by atoms with Crippen LogP contribution in [0, 0.1) is 0 Å². The van der Waals surface area contributed by atoms with Crippen LogP contribution in [0.1, 0.15) is 16.3 Å². The molecular formula is C9H8O4. The van der Waals surface area contributed by atoms with Gasteiger partial charge in [-0.2, -0.15) is 0 Å². The van der Waals surface area contributed by atoms with Gasteiger partial charge in [-0.1, -0.05) is 0 Å². The van der Waals surface area contributed by atoms with Crippen molar-refractivity contribution in [1.82, 2.24) is 0 Å². The summed E-state index contributed by atoms with van der Waals surface area (Å²) >= 11 is 0. The van der Waals surface area contributed by atoms with E-state index in [0.717, 1.165) is 0 Å². The fraction of sp³-hybridized carbons (Fsp3) is 0.111. The van der Waals surface area contributed by atoms with Gasteiger partial charge in [-0.05, 0) is 18.2 Å². The summed E-state index contributed by atoms with van der Waals surface area (Å²) < 4.78 is 9.33. The Morgan fingerprint density at radius 3 is 2.69 bits per heavy atom. The molecule has 0 radical (unpaired) electrons. The first-order chi connectivity index (χ1) is 6.26. The normalized spacial score (nSPS) is 10.2. The molecule has 1 aromatic heterocycles. The standard InChI is InChI=1S/C9H8O4/c1-12-9(11)5-4-7-2-3-8(6-10)13-7/h2-6H,1H3/b5-4+. The highest BCUT2D eigenvalue weighted by molar-refractivity contribution is 5.86. The maximum atomic E-state index is 10.6. The highest BCUT2D eigenvalue weighted by Crippen LogP contribution is 2.07. The van der Waals surface area contributed by atoms with Crippen LogP contribution in [-0.4, -0.2) is 19.4 Å². The van der Waals surface area contributed by atoms with Crippen molar-refractivity contribution in [1.29, 1.82) is 0 Å². The highest BCUT2D eigenvalue weighted by atomic mass is 16.5. The van der Waals surface area contributed by atoms with Gasteiger partial charge in [0.15, 0.2) is 12.0 Å². The van der Waals surface area contributed by atoms with Crippen LogP contribution in [0.4, 0.5) is 0 Å². The van der Waals surface area contributed by atoms with Crippen LogP contribution in [-0.2, 0) is 9.53 Å². The molecule has 0 aliphatic heterocycles. The van der Waals surface area contributed by atoms with Crippen molar-refractivity contribution in [3.8, 4) is 0 Å². The average molecular weight is 180 g/mol. The van der Waals surface area contributed by atoms with Crippen LogP contribution in [0.15, 0.2) is 22.6 Å². The van der Waals surface area contributed by atoms with Gasteiger partial charge in [-0.15, -0.1) is 0 Å². The summed E-state index contributed by atoms with van der Waals surface area (Å²) in [5.74, 6) is 0.195. The SMILES string of the molecule is COC(=O)/C=C/c1ccc(C=O)o1. The van der Waals surface area contributed by atoms with E-state index in [4.69, 9.17) is 4.42 Å². The molecule has 0 aliphatic rings. The van der Waals surface area contributed by atoms with Crippen molar-refractivity contribution in [3.63, 3.8) is 0 Å². The number of aldehydes is 1. The zero-order chi connectivity index (χ0) is 9.68. The molecule has 0 aromatic carbocycles. The fourth-order valence-corrected chi connectivity index (χ4v) is 0.740. The number of rotatable bonds is 3. The Labute approximate surface area is 74.8 Å². The third kappa shape index (κ3) is 2.59. The number of hydrogen-bond donors (Lipinski definition) is 0. The number of methoxy groups -OCH3 is 1. The molecule has 0 N–H and O–H groups in total. The molecule has 0 saturated heterocycles. The molecule has 0 unspecified atom stereocenters. The van der Waals surface area contributed by atoms with E-state index in [1.54, 1.807) is 6.07 Å². The maximum absolute atomic E-state index is 10.6. The average Bonchev–Trinajstić information content (AvgIpc) is 2.61. The van der Waals surface area contributed by atoms with E-state index in [9.17, 15) is 9.59 Å². The van der Waals surface area contributed by atoms with E-state index in [1.807, 2.05) is 0 Å². The zero-order valence-electron chi connectivity index (χ0n) is 7.02. The number of carbonyl (C=O) groups excluding carboxylic acids is 2. The quantitative estimate of drug-likeness (QED) is 0.399. The molecule has 4 heteroatoms. The first-order valence-electron chi connectivity index (χ1n) is 3.57. The van der Waals surface area contributed by atoms with Crippen molar-refractivity contribution >= 4 is 18.3 Å². The summed E-state index contributed by atoms with van der Waals surface area (Å²) in [6, 6.07) is 3.10. The van der Waals surface area contributed by atoms with Gasteiger partial charge in [0.1, 0.15) is 5.76 Å². The van der Waals surface area contributed by atoms with Crippen molar-refractivity contribution in [2.45, 2.75) is 0 Å². The van der Waals surface area contributed by atoms with E-state index in [0.29, 0.717) is 12.0 Å². The lowest BCUT2D eigenvalue weighted by Gasteiger charge is -1.87. The van der Waals surface area contributed by atoms with Crippen molar-refractivity contribution in [2.75, 3.05) is 7.11 Å². The summed E-state index contributed by atoms with van der Waals surface area (Å²) in [4.78, 5) is 20.8. The summed E-state index contributed by atoms with van der Waals surface area (Å²) in [5, 5.41) is 0. The van der Waals surface area contributed by atoms with Gasteiger partial charge in [-0.3, -0.25) is 4.79 Å². The first-order valence-corrected chi connectivity index (χ1v) is 3.57. The van der Waals surface area contributed by atoms with Gasteiger partial charge in [0.2, 0.25) is 0 Å². The van der Waals surface area contributed by atoms with Crippen LogP contribution >= 0.6 is 0 Å². The molecule has 13 heavy (non-hydrogen) atoms. The highest BCUT2D eigenvalue weighted by Gasteiger charge is 1.97.